The molecule has 32 heavy (non-hydrogen) atoms. The molecule has 2 fully saturated rings. The molecule has 2 aromatic heterocycles. The second-order valence-electron chi connectivity index (χ2n) is 8.70. The lowest BCUT2D eigenvalue weighted by atomic mass is 9.98. The first-order valence-corrected chi connectivity index (χ1v) is 11.1. The number of carbonyl (C=O) groups excluding carboxylic acids is 2. The number of aromatic nitrogens is 3. The Morgan fingerprint density at radius 1 is 1.12 bits per heavy atom. The van der Waals surface area contributed by atoms with E-state index in [2.05, 4.69) is 10.1 Å². The highest BCUT2D eigenvalue weighted by Crippen LogP contribution is 2.35. The third-order valence-electron chi connectivity index (χ3n) is 6.67. The molecule has 0 radical (unpaired) electrons. The number of piperidine rings is 1. The third kappa shape index (κ3) is 3.39. The van der Waals surface area contributed by atoms with Gasteiger partial charge in [0.05, 0.1) is 23.0 Å². The van der Waals surface area contributed by atoms with Crippen LogP contribution in [0.1, 0.15) is 53.2 Å². The number of ether oxygens (including phenoxy) is 1. The van der Waals surface area contributed by atoms with Gasteiger partial charge in [-0.15, -0.1) is 0 Å². The van der Waals surface area contributed by atoms with Crippen LogP contribution in [0.5, 0.6) is 0 Å². The summed E-state index contributed by atoms with van der Waals surface area (Å²) in [5.74, 6) is -0.0392. The fourth-order valence-electron chi connectivity index (χ4n) is 4.94. The molecule has 8 nitrogen and oxygen atoms in total. The molecule has 2 aliphatic heterocycles. The Balaban J connectivity index is 1.28. The molecule has 0 saturated carbocycles. The van der Waals surface area contributed by atoms with Gasteiger partial charge >= 0.3 is 6.09 Å². The van der Waals surface area contributed by atoms with Crippen molar-refractivity contribution < 1.29 is 14.3 Å². The molecule has 8 heteroatoms. The summed E-state index contributed by atoms with van der Waals surface area (Å²) in [6, 6.07) is 11.8. The third-order valence-corrected chi connectivity index (χ3v) is 6.67. The summed E-state index contributed by atoms with van der Waals surface area (Å²) in [6.45, 7) is 7.02. The first-order valence-electron chi connectivity index (χ1n) is 11.1. The van der Waals surface area contributed by atoms with E-state index in [1.54, 1.807) is 10.7 Å². The standard InChI is InChI=1S/C24H27N5O3/c1-15-13-21-25-14-20(16(2)29(21)26-15)23(30)27-11-9-19(10-12-27)28-17(3)22(32-24(28)31)18-7-5-4-6-8-18/h4-8,13-14,17,19,22H,9-12H2,1-3H3/t17-,22-/m0/s1. The Hall–Kier alpha value is -3.42. The van der Waals surface area contributed by atoms with E-state index in [-0.39, 0.29) is 30.2 Å². The summed E-state index contributed by atoms with van der Waals surface area (Å²) in [5, 5.41) is 4.44. The van der Waals surface area contributed by atoms with Crippen LogP contribution in [0.2, 0.25) is 0 Å². The van der Waals surface area contributed by atoms with E-state index in [9.17, 15) is 9.59 Å². The van der Waals surface area contributed by atoms with E-state index in [0.717, 1.165) is 35.4 Å². The Morgan fingerprint density at radius 3 is 2.56 bits per heavy atom. The minimum Gasteiger partial charge on any atom is -0.439 e. The zero-order chi connectivity index (χ0) is 22.4. The molecule has 166 valence electrons. The molecule has 2 aliphatic rings. The van der Waals surface area contributed by atoms with E-state index in [1.165, 1.54) is 0 Å². The van der Waals surface area contributed by atoms with Crippen LogP contribution in [-0.2, 0) is 4.74 Å². The maximum atomic E-state index is 13.2. The van der Waals surface area contributed by atoms with E-state index in [0.29, 0.717) is 18.7 Å². The highest BCUT2D eigenvalue weighted by atomic mass is 16.6. The van der Waals surface area contributed by atoms with Gasteiger partial charge in [0.2, 0.25) is 0 Å². The number of rotatable bonds is 3. The van der Waals surface area contributed by atoms with E-state index < -0.39 is 0 Å². The lowest BCUT2D eigenvalue weighted by molar-refractivity contribution is 0.0638. The van der Waals surface area contributed by atoms with Crippen molar-refractivity contribution in [1.29, 1.82) is 0 Å². The Kier molecular flexibility index (Phi) is 5.07. The topological polar surface area (TPSA) is 80.0 Å². The van der Waals surface area contributed by atoms with Crippen LogP contribution in [0.3, 0.4) is 0 Å². The van der Waals surface area contributed by atoms with Crippen LogP contribution in [0.25, 0.3) is 5.65 Å². The number of cyclic esters (lactones) is 1. The lowest BCUT2D eigenvalue weighted by Gasteiger charge is -2.37. The largest absolute Gasteiger partial charge is 0.439 e. The Labute approximate surface area is 186 Å². The number of aryl methyl sites for hydroxylation is 2. The van der Waals surface area contributed by atoms with Crippen molar-refractivity contribution >= 4 is 17.6 Å². The fraction of sp³-hybridized carbons (Fsp3) is 0.417. The molecular weight excluding hydrogens is 406 g/mol. The second kappa shape index (κ2) is 7.93. The monoisotopic (exact) mass is 433 g/mol. The molecule has 0 bridgehead atoms. The number of hydrogen-bond acceptors (Lipinski definition) is 5. The predicted octanol–water partition coefficient (Wildman–Crippen LogP) is 3.53. The Morgan fingerprint density at radius 2 is 1.84 bits per heavy atom. The molecule has 0 unspecified atom stereocenters. The van der Waals surface area contributed by atoms with Gasteiger partial charge in [0.1, 0.15) is 6.10 Å². The van der Waals surface area contributed by atoms with Crippen LogP contribution in [0.4, 0.5) is 4.79 Å². The van der Waals surface area contributed by atoms with Gasteiger partial charge in [-0.1, -0.05) is 30.3 Å². The number of benzene rings is 1. The predicted molar refractivity (Wildman–Crippen MR) is 118 cm³/mol. The van der Waals surface area contributed by atoms with Gasteiger partial charge < -0.3 is 9.64 Å². The Bertz CT molecular complexity index is 1170. The van der Waals surface area contributed by atoms with Gasteiger partial charge in [-0.05, 0) is 39.2 Å². The van der Waals surface area contributed by atoms with Crippen molar-refractivity contribution in [2.24, 2.45) is 0 Å². The summed E-state index contributed by atoms with van der Waals surface area (Å²) in [4.78, 5) is 34.0. The first-order chi connectivity index (χ1) is 15.4. The summed E-state index contributed by atoms with van der Waals surface area (Å²) in [7, 11) is 0. The van der Waals surface area contributed by atoms with E-state index in [1.807, 2.05) is 67.0 Å². The minimum atomic E-state index is -0.268. The van der Waals surface area contributed by atoms with E-state index in [4.69, 9.17) is 4.74 Å². The maximum absolute atomic E-state index is 13.2. The van der Waals surface area contributed by atoms with Crippen molar-refractivity contribution in [3.63, 3.8) is 0 Å². The molecule has 2 atom stereocenters. The van der Waals surface area contributed by atoms with Gasteiger partial charge in [-0.25, -0.2) is 14.3 Å². The summed E-state index contributed by atoms with van der Waals surface area (Å²) >= 11 is 0. The molecule has 0 N–H and O–H groups in total. The smallest absolute Gasteiger partial charge is 0.411 e. The van der Waals surface area contributed by atoms with Gasteiger partial charge in [0.25, 0.3) is 5.91 Å². The fourth-order valence-corrected chi connectivity index (χ4v) is 4.94. The molecule has 1 aromatic carbocycles. The molecule has 4 heterocycles. The number of carbonyl (C=O) groups is 2. The average molecular weight is 434 g/mol. The molecular formula is C24H27N5O3. The van der Waals surface area contributed by atoms with Gasteiger partial charge in [0, 0.05) is 31.4 Å². The van der Waals surface area contributed by atoms with Crippen molar-refractivity contribution in [3.8, 4) is 0 Å². The van der Waals surface area contributed by atoms with Gasteiger partial charge in [0.15, 0.2) is 5.65 Å². The minimum absolute atomic E-state index is 0.0392. The number of likely N-dealkylation sites (tertiary alicyclic amines) is 1. The normalized spacial score (nSPS) is 21.9. The van der Waals surface area contributed by atoms with Crippen molar-refractivity contribution in [2.75, 3.05) is 13.1 Å². The summed E-state index contributed by atoms with van der Waals surface area (Å²) in [5.41, 5.74) is 3.97. The average Bonchev–Trinajstić information content (AvgIpc) is 3.33. The molecule has 2 saturated heterocycles. The van der Waals surface area contributed by atoms with Gasteiger partial charge in [-0.2, -0.15) is 5.10 Å². The lowest BCUT2D eigenvalue weighted by Crippen LogP contribution is -2.49. The number of fused-ring (bicyclic) bond motifs is 1. The maximum Gasteiger partial charge on any atom is 0.411 e. The zero-order valence-corrected chi connectivity index (χ0v) is 18.6. The molecule has 0 aliphatic carbocycles. The van der Waals surface area contributed by atoms with Crippen LogP contribution in [0, 0.1) is 13.8 Å². The zero-order valence-electron chi connectivity index (χ0n) is 18.6. The van der Waals surface area contributed by atoms with Crippen molar-refractivity contribution in [1.82, 2.24) is 24.4 Å². The number of nitrogens with zero attached hydrogens (tertiary/aromatic N) is 5. The number of hydrogen-bond donors (Lipinski definition) is 0. The van der Waals surface area contributed by atoms with Crippen molar-refractivity contribution in [2.45, 2.75) is 51.8 Å². The molecule has 0 spiro atoms. The highest BCUT2D eigenvalue weighted by molar-refractivity contribution is 5.95. The van der Waals surface area contributed by atoms with E-state index >= 15 is 0 Å². The van der Waals surface area contributed by atoms with Crippen LogP contribution >= 0.6 is 0 Å². The molecule has 5 rings (SSSR count). The van der Waals surface area contributed by atoms with Crippen LogP contribution in [-0.4, -0.2) is 61.6 Å². The SMILES string of the molecule is Cc1cc2ncc(C(=O)N3CCC(N4C(=O)O[C@H](c5ccccc5)[C@@H]4C)CC3)c(C)n2n1. The number of amides is 2. The summed E-state index contributed by atoms with van der Waals surface area (Å²) < 4.78 is 7.44. The van der Waals surface area contributed by atoms with Gasteiger partial charge in [-0.3, -0.25) is 9.69 Å². The first kappa shape index (κ1) is 20.5. The molecule has 2 amide bonds. The van der Waals surface area contributed by atoms with Crippen LogP contribution in [0.15, 0.2) is 42.6 Å². The summed E-state index contributed by atoms with van der Waals surface area (Å²) in [6.07, 6.45) is 2.56. The quantitative estimate of drug-likeness (QED) is 0.631. The highest BCUT2D eigenvalue weighted by Gasteiger charge is 2.44. The molecule has 3 aromatic rings. The van der Waals surface area contributed by atoms with Crippen molar-refractivity contribution in [3.05, 3.63) is 65.1 Å². The van der Waals surface area contributed by atoms with Crippen LogP contribution < -0.4 is 0 Å². The second-order valence-corrected chi connectivity index (χ2v) is 8.70.